The number of hydrogen-bond donors (Lipinski definition) is 2. The van der Waals surface area contributed by atoms with E-state index in [1.54, 1.807) is 0 Å². The van der Waals surface area contributed by atoms with Crippen LogP contribution in [0.5, 0.6) is 0 Å². The minimum Gasteiger partial charge on any atom is -0.322 e. The molecule has 2 nitrogen and oxygen atoms in total. The lowest BCUT2D eigenvalue weighted by atomic mass is 10.4. The SMILES string of the molecule is CCN[Si](NCC)(c1ccccc1)C(C)CC. The largest absolute Gasteiger partial charge is 0.322 e. The average Bonchev–Trinajstić information content (AvgIpc) is 2.38. The van der Waals surface area contributed by atoms with Crippen molar-refractivity contribution in [3.63, 3.8) is 0 Å². The monoisotopic (exact) mass is 250 g/mol. The molecule has 1 aromatic carbocycles. The van der Waals surface area contributed by atoms with Gasteiger partial charge in [0.1, 0.15) is 0 Å². The van der Waals surface area contributed by atoms with E-state index in [4.69, 9.17) is 0 Å². The topological polar surface area (TPSA) is 24.1 Å². The van der Waals surface area contributed by atoms with Crippen molar-refractivity contribution in [1.29, 1.82) is 0 Å². The summed E-state index contributed by atoms with van der Waals surface area (Å²) >= 11 is 0. The van der Waals surface area contributed by atoms with Crippen LogP contribution in [-0.2, 0) is 0 Å². The van der Waals surface area contributed by atoms with Gasteiger partial charge < -0.3 is 9.96 Å². The third-order valence-electron chi connectivity index (χ3n) is 3.49. The zero-order valence-electron chi connectivity index (χ0n) is 11.6. The van der Waals surface area contributed by atoms with Gasteiger partial charge in [-0.3, -0.25) is 0 Å². The molecular weight excluding hydrogens is 224 g/mol. The van der Waals surface area contributed by atoms with Crippen LogP contribution in [0.2, 0.25) is 5.54 Å². The predicted octanol–water partition coefficient (Wildman–Crippen LogP) is 2.35. The first-order valence-corrected chi connectivity index (χ1v) is 8.84. The van der Waals surface area contributed by atoms with Crippen molar-refractivity contribution in [2.24, 2.45) is 0 Å². The van der Waals surface area contributed by atoms with Crippen LogP contribution in [0.3, 0.4) is 0 Å². The molecule has 0 aliphatic heterocycles. The quantitative estimate of drug-likeness (QED) is 0.726. The van der Waals surface area contributed by atoms with Gasteiger partial charge in [0.2, 0.25) is 8.40 Å². The number of benzene rings is 1. The summed E-state index contributed by atoms with van der Waals surface area (Å²) in [5.74, 6) is 0. The van der Waals surface area contributed by atoms with Crippen LogP contribution < -0.4 is 15.2 Å². The highest BCUT2D eigenvalue weighted by Crippen LogP contribution is 2.20. The third kappa shape index (κ3) is 3.18. The van der Waals surface area contributed by atoms with Gasteiger partial charge in [-0.05, 0) is 23.8 Å². The molecule has 0 aliphatic carbocycles. The molecule has 17 heavy (non-hydrogen) atoms. The predicted molar refractivity (Wildman–Crippen MR) is 78.9 cm³/mol. The Morgan fingerprint density at radius 1 is 1.00 bits per heavy atom. The first-order chi connectivity index (χ1) is 8.21. The van der Waals surface area contributed by atoms with Crippen LogP contribution in [0.4, 0.5) is 0 Å². The van der Waals surface area contributed by atoms with E-state index in [0.717, 1.165) is 13.1 Å². The highest BCUT2D eigenvalue weighted by Gasteiger charge is 2.39. The van der Waals surface area contributed by atoms with E-state index < -0.39 is 8.40 Å². The molecule has 0 aliphatic rings. The fourth-order valence-electron chi connectivity index (χ4n) is 2.46. The van der Waals surface area contributed by atoms with Gasteiger partial charge in [0.25, 0.3) is 0 Å². The molecule has 1 aromatic rings. The summed E-state index contributed by atoms with van der Waals surface area (Å²) in [6, 6.07) is 10.9. The molecule has 0 spiro atoms. The lowest BCUT2D eigenvalue weighted by molar-refractivity contribution is 0.750. The molecule has 0 fully saturated rings. The summed E-state index contributed by atoms with van der Waals surface area (Å²) in [4.78, 5) is 7.58. The second-order valence-corrected chi connectivity index (χ2v) is 8.43. The fraction of sp³-hybridized carbons (Fsp3) is 0.571. The van der Waals surface area contributed by atoms with Crippen LogP contribution in [0.25, 0.3) is 0 Å². The van der Waals surface area contributed by atoms with Gasteiger partial charge in [0, 0.05) is 0 Å². The lowest BCUT2D eigenvalue weighted by Crippen LogP contribution is -2.72. The highest BCUT2D eigenvalue weighted by molar-refractivity contribution is 6.88. The zero-order valence-corrected chi connectivity index (χ0v) is 12.6. The van der Waals surface area contributed by atoms with Crippen LogP contribution >= 0.6 is 0 Å². The van der Waals surface area contributed by atoms with Crippen LogP contribution in [0.1, 0.15) is 34.1 Å². The van der Waals surface area contributed by atoms with Crippen molar-refractivity contribution in [2.75, 3.05) is 13.1 Å². The molecule has 2 N–H and O–H groups in total. The Bertz CT molecular complexity index is 307. The smallest absolute Gasteiger partial charge is 0.237 e. The highest BCUT2D eigenvalue weighted by atomic mass is 28.3. The Kier molecular flexibility index (Phi) is 5.89. The minimum atomic E-state index is -1.78. The molecule has 1 rings (SSSR count). The Hall–Kier alpha value is -0.643. The summed E-state index contributed by atoms with van der Waals surface area (Å²) in [5.41, 5.74) is 0.685. The standard InChI is InChI=1S/C14H26N2Si/c1-5-13(4)17(15-6-2,16-7-3)14-11-9-8-10-12-14/h8-13,15-16H,5-7H2,1-4H3. The van der Waals surface area contributed by atoms with Gasteiger partial charge in [0.15, 0.2) is 0 Å². The van der Waals surface area contributed by atoms with Gasteiger partial charge in [-0.15, -0.1) is 0 Å². The van der Waals surface area contributed by atoms with Gasteiger partial charge in [0.05, 0.1) is 0 Å². The molecule has 0 aromatic heterocycles. The molecular formula is C14H26N2Si. The molecule has 0 heterocycles. The van der Waals surface area contributed by atoms with E-state index in [1.165, 1.54) is 11.6 Å². The summed E-state index contributed by atoms with van der Waals surface area (Å²) in [6.07, 6.45) is 1.21. The Labute approximate surface area is 107 Å². The molecule has 0 bridgehead atoms. The summed E-state index contributed by atoms with van der Waals surface area (Å²) in [5, 5.41) is 1.47. The molecule has 96 valence electrons. The second-order valence-electron chi connectivity index (χ2n) is 4.54. The van der Waals surface area contributed by atoms with E-state index in [2.05, 4.69) is 68.0 Å². The third-order valence-corrected chi connectivity index (χ3v) is 8.45. The van der Waals surface area contributed by atoms with Crippen molar-refractivity contribution in [1.82, 2.24) is 9.96 Å². The maximum absolute atomic E-state index is 3.79. The van der Waals surface area contributed by atoms with Crippen molar-refractivity contribution in [2.45, 2.75) is 39.7 Å². The normalized spacial score (nSPS) is 13.6. The molecule has 0 saturated carbocycles. The molecule has 1 atom stereocenters. The zero-order chi connectivity index (χ0) is 12.7. The summed E-state index contributed by atoms with van der Waals surface area (Å²) in [7, 11) is -1.78. The Morgan fingerprint density at radius 2 is 1.53 bits per heavy atom. The van der Waals surface area contributed by atoms with E-state index in [0.29, 0.717) is 5.54 Å². The summed E-state index contributed by atoms with van der Waals surface area (Å²) < 4.78 is 0. The average molecular weight is 250 g/mol. The maximum Gasteiger partial charge on any atom is 0.237 e. The van der Waals surface area contributed by atoms with E-state index >= 15 is 0 Å². The second kappa shape index (κ2) is 6.94. The number of nitrogens with one attached hydrogen (secondary N) is 2. The molecule has 0 amide bonds. The van der Waals surface area contributed by atoms with Crippen molar-refractivity contribution in [3.8, 4) is 0 Å². The van der Waals surface area contributed by atoms with Gasteiger partial charge in [-0.1, -0.05) is 64.4 Å². The van der Waals surface area contributed by atoms with E-state index in [9.17, 15) is 0 Å². The number of rotatable bonds is 7. The first kappa shape index (κ1) is 14.4. The van der Waals surface area contributed by atoms with Gasteiger partial charge in [-0.25, -0.2) is 0 Å². The van der Waals surface area contributed by atoms with Crippen LogP contribution in [0.15, 0.2) is 30.3 Å². The molecule has 1 unspecified atom stereocenters. The molecule has 3 heteroatoms. The Morgan fingerprint density at radius 3 is 1.94 bits per heavy atom. The van der Waals surface area contributed by atoms with Gasteiger partial charge >= 0.3 is 0 Å². The van der Waals surface area contributed by atoms with Crippen molar-refractivity contribution in [3.05, 3.63) is 30.3 Å². The number of hydrogen-bond acceptors (Lipinski definition) is 2. The fourth-order valence-corrected chi connectivity index (χ4v) is 6.71. The van der Waals surface area contributed by atoms with Crippen molar-refractivity contribution < 1.29 is 0 Å². The Balaban J connectivity index is 3.14. The minimum absolute atomic E-state index is 0.685. The molecule has 0 radical (unpaired) electrons. The lowest BCUT2D eigenvalue weighted by Gasteiger charge is -2.38. The van der Waals surface area contributed by atoms with Gasteiger partial charge in [-0.2, -0.15) is 0 Å². The first-order valence-electron chi connectivity index (χ1n) is 6.76. The van der Waals surface area contributed by atoms with Crippen LogP contribution in [0, 0.1) is 0 Å². The summed E-state index contributed by atoms with van der Waals surface area (Å²) in [6.45, 7) is 11.1. The van der Waals surface area contributed by atoms with E-state index in [-0.39, 0.29) is 0 Å². The van der Waals surface area contributed by atoms with Crippen molar-refractivity contribution >= 4 is 13.6 Å². The maximum atomic E-state index is 3.79. The molecule has 0 saturated heterocycles. The van der Waals surface area contributed by atoms with Crippen LogP contribution in [-0.4, -0.2) is 21.5 Å². The van der Waals surface area contributed by atoms with E-state index in [1.807, 2.05) is 0 Å².